The summed E-state index contributed by atoms with van der Waals surface area (Å²) in [5.41, 5.74) is 5.91. The summed E-state index contributed by atoms with van der Waals surface area (Å²) in [4.78, 5) is 11.7. The molecule has 2 atom stereocenters. The van der Waals surface area contributed by atoms with Crippen molar-refractivity contribution in [2.75, 3.05) is 13.7 Å². The molecule has 0 heterocycles. The molecule has 4 rings (SSSR count). The third kappa shape index (κ3) is 5.43. The largest absolute Gasteiger partial charge is 0.494 e. The van der Waals surface area contributed by atoms with E-state index in [1.807, 2.05) is 43.3 Å². The number of rotatable bonds is 8. The van der Waals surface area contributed by atoms with Crippen LogP contribution in [-0.2, 0) is 16.0 Å². The second kappa shape index (κ2) is 10.9. The molecule has 0 aromatic heterocycles. The topological polar surface area (TPSA) is 44.8 Å². The normalized spacial score (nSPS) is 15.0. The van der Waals surface area contributed by atoms with E-state index in [0.29, 0.717) is 6.61 Å². The van der Waals surface area contributed by atoms with E-state index in [-0.39, 0.29) is 24.4 Å². The molecule has 0 spiro atoms. The third-order valence-corrected chi connectivity index (χ3v) is 6.12. The second-order valence-electron chi connectivity index (χ2n) is 8.32. The summed E-state index contributed by atoms with van der Waals surface area (Å²) in [6.45, 7) is 4.43. The van der Waals surface area contributed by atoms with Crippen molar-refractivity contribution in [1.82, 2.24) is 0 Å². The summed E-state index contributed by atoms with van der Waals surface area (Å²) in [5, 5.41) is 0. The summed E-state index contributed by atoms with van der Waals surface area (Å²) in [6.07, 6.45) is 2.21. The van der Waals surface area contributed by atoms with Gasteiger partial charge >= 0.3 is 5.97 Å². The Balaban J connectivity index is 1.47. The van der Waals surface area contributed by atoms with Gasteiger partial charge in [0, 0.05) is 0 Å². The highest BCUT2D eigenvalue weighted by Crippen LogP contribution is 2.38. The van der Waals surface area contributed by atoms with Crippen molar-refractivity contribution < 1.29 is 19.0 Å². The third-order valence-electron chi connectivity index (χ3n) is 6.12. The molecular weight excluding hydrogens is 424 g/mol. The van der Waals surface area contributed by atoms with Gasteiger partial charge in [-0.05, 0) is 78.8 Å². The van der Waals surface area contributed by atoms with E-state index in [1.54, 1.807) is 6.92 Å². The molecule has 0 radical (unpaired) electrons. The number of esters is 1. The van der Waals surface area contributed by atoms with Gasteiger partial charge in [0.05, 0.1) is 26.1 Å². The van der Waals surface area contributed by atoms with Gasteiger partial charge in [-0.1, -0.05) is 48.4 Å². The lowest BCUT2D eigenvalue weighted by Gasteiger charge is -2.17. The van der Waals surface area contributed by atoms with Crippen LogP contribution in [0.3, 0.4) is 0 Å². The van der Waals surface area contributed by atoms with Gasteiger partial charge in [-0.15, -0.1) is 5.92 Å². The Morgan fingerprint density at radius 3 is 2.56 bits per heavy atom. The average Bonchev–Trinajstić information content (AvgIpc) is 3.26. The first-order valence-electron chi connectivity index (χ1n) is 11.7. The molecule has 0 fully saturated rings. The predicted molar refractivity (Wildman–Crippen MR) is 134 cm³/mol. The minimum absolute atomic E-state index is 0.0333. The van der Waals surface area contributed by atoms with Gasteiger partial charge in [0.15, 0.2) is 0 Å². The molecule has 4 nitrogen and oxygen atoms in total. The molecule has 0 N–H and O–H groups in total. The number of methoxy groups -OCH3 is 1. The van der Waals surface area contributed by atoms with Crippen molar-refractivity contribution in [3.8, 4) is 34.5 Å². The quantitative estimate of drug-likeness (QED) is 0.288. The van der Waals surface area contributed by atoms with Crippen molar-refractivity contribution in [2.24, 2.45) is 0 Å². The molecule has 174 valence electrons. The molecule has 0 saturated carbocycles. The minimum atomic E-state index is -0.264. The van der Waals surface area contributed by atoms with Gasteiger partial charge in [0.1, 0.15) is 17.6 Å². The van der Waals surface area contributed by atoms with E-state index in [4.69, 9.17) is 14.2 Å². The van der Waals surface area contributed by atoms with Gasteiger partial charge in [-0.3, -0.25) is 4.79 Å². The number of benzene rings is 3. The first-order chi connectivity index (χ1) is 16.6. The molecule has 3 aromatic rings. The fraction of sp³-hybridized carbons (Fsp3) is 0.300. The molecule has 0 bridgehead atoms. The molecule has 4 heteroatoms. The fourth-order valence-corrected chi connectivity index (χ4v) is 4.43. The van der Waals surface area contributed by atoms with E-state index < -0.39 is 0 Å². The van der Waals surface area contributed by atoms with Crippen molar-refractivity contribution in [3.63, 3.8) is 0 Å². The van der Waals surface area contributed by atoms with Crippen LogP contribution in [0.5, 0.6) is 11.5 Å². The van der Waals surface area contributed by atoms with Gasteiger partial charge in [-0.2, -0.15) is 0 Å². The highest BCUT2D eigenvalue weighted by Gasteiger charge is 2.25. The van der Waals surface area contributed by atoms with Crippen molar-refractivity contribution >= 4 is 5.97 Å². The number of hydrogen-bond acceptors (Lipinski definition) is 4. The Labute approximate surface area is 201 Å². The number of ether oxygens (including phenoxy) is 3. The highest BCUT2D eigenvalue weighted by atomic mass is 16.5. The maximum absolute atomic E-state index is 11.7. The summed E-state index contributed by atoms with van der Waals surface area (Å²) >= 11 is 0. The van der Waals surface area contributed by atoms with Crippen LogP contribution >= 0.6 is 0 Å². The van der Waals surface area contributed by atoms with Crippen LogP contribution in [-0.4, -0.2) is 19.7 Å². The first-order valence-corrected chi connectivity index (χ1v) is 11.7. The van der Waals surface area contributed by atoms with Gasteiger partial charge in [0.2, 0.25) is 0 Å². The molecule has 3 aromatic carbocycles. The number of carbonyl (C=O) groups excluding carboxylic acids is 1. The SMILES string of the molecule is CC#C[C@H](CC(=O)OC)c1ccc(OC2CCc3cc(-c4cccc(OCC)c4)ccc32)cc1. The zero-order valence-electron chi connectivity index (χ0n) is 20.0. The molecule has 1 aliphatic carbocycles. The monoisotopic (exact) mass is 454 g/mol. The average molecular weight is 455 g/mol. The standard InChI is InChI=1S/C30H30O4/c1-4-7-22(20-30(31)32-3)21-10-14-26(15-11-21)34-29-17-13-25-18-24(12-16-28(25)29)23-8-6-9-27(19-23)33-5-2/h6,8-12,14-16,18-19,22,29H,5,13,17,20H2,1-3H3/t22-,29?/m1/s1. The Morgan fingerprint density at radius 1 is 1.03 bits per heavy atom. The van der Waals surface area contributed by atoms with E-state index in [9.17, 15) is 4.79 Å². The Morgan fingerprint density at radius 2 is 1.82 bits per heavy atom. The molecule has 0 saturated heterocycles. The summed E-state index contributed by atoms with van der Waals surface area (Å²) in [7, 11) is 1.40. The highest BCUT2D eigenvalue weighted by molar-refractivity contribution is 5.71. The van der Waals surface area contributed by atoms with E-state index in [2.05, 4.69) is 42.2 Å². The molecule has 0 aliphatic heterocycles. The summed E-state index contributed by atoms with van der Waals surface area (Å²) in [6, 6.07) is 22.7. The Kier molecular flexibility index (Phi) is 7.54. The van der Waals surface area contributed by atoms with Gasteiger partial charge < -0.3 is 14.2 Å². The van der Waals surface area contributed by atoms with Crippen LogP contribution in [0.15, 0.2) is 66.7 Å². The smallest absolute Gasteiger partial charge is 0.307 e. The van der Waals surface area contributed by atoms with Crippen LogP contribution in [0.2, 0.25) is 0 Å². The van der Waals surface area contributed by atoms with Crippen LogP contribution < -0.4 is 9.47 Å². The number of carbonyl (C=O) groups is 1. The second-order valence-corrected chi connectivity index (χ2v) is 8.32. The minimum Gasteiger partial charge on any atom is -0.494 e. The maximum atomic E-state index is 11.7. The van der Waals surface area contributed by atoms with Crippen molar-refractivity contribution in [3.05, 3.63) is 83.4 Å². The molecule has 1 unspecified atom stereocenters. The number of fused-ring (bicyclic) bond motifs is 1. The Hall–Kier alpha value is -3.71. The van der Waals surface area contributed by atoms with E-state index in [0.717, 1.165) is 35.5 Å². The van der Waals surface area contributed by atoms with Gasteiger partial charge in [0.25, 0.3) is 0 Å². The zero-order valence-corrected chi connectivity index (χ0v) is 20.0. The lowest BCUT2D eigenvalue weighted by atomic mass is 9.96. The molecule has 1 aliphatic rings. The zero-order chi connectivity index (χ0) is 23.9. The van der Waals surface area contributed by atoms with Crippen LogP contribution in [0.25, 0.3) is 11.1 Å². The molecular formula is C30H30O4. The summed E-state index contributed by atoms with van der Waals surface area (Å²) < 4.78 is 16.8. The number of hydrogen-bond donors (Lipinski definition) is 0. The Bertz CT molecular complexity index is 1200. The van der Waals surface area contributed by atoms with Crippen molar-refractivity contribution in [1.29, 1.82) is 0 Å². The summed E-state index contributed by atoms with van der Waals surface area (Å²) in [5.74, 6) is 7.27. The van der Waals surface area contributed by atoms with Gasteiger partial charge in [-0.25, -0.2) is 0 Å². The van der Waals surface area contributed by atoms with Crippen LogP contribution in [0.4, 0.5) is 0 Å². The van der Waals surface area contributed by atoms with E-state index in [1.165, 1.54) is 23.8 Å². The van der Waals surface area contributed by atoms with Crippen LogP contribution in [0.1, 0.15) is 55.4 Å². The van der Waals surface area contributed by atoms with Crippen molar-refractivity contribution in [2.45, 2.75) is 45.1 Å². The molecule has 34 heavy (non-hydrogen) atoms. The fourth-order valence-electron chi connectivity index (χ4n) is 4.43. The first kappa shape index (κ1) is 23.4. The van der Waals surface area contributed by atoms with E-state index >= 15 is 0 Å². The lowest BCUT2D eigenvalue weighted by Crippen LogP contribution is -2.08. The predicted octanol–water partition coefficient (Wildman–Crippen LogP) is 6.49. The maximum Gasteiger partial charge on any atom is 0.307 e. The molecule has 0 amide bonds. The number of aryl methyl sites for hydroxylation is 1. The lowest BCUT2D eigenvalue weighted by molar-refractivity contribution is -0.140. The van der Waals surface area contributed by atoms with Crippen LogP contribution in [0, 0.1) is 11.8 Å².